The molecule has 2 aromatic carbocycles. The SMILES string of the molecule is Cc1ccc(OCO)c(C(CCN(C)C(C)C)c2ccccc2)c1. The smallest absolute Gasteiger partial charge is 0.186 e. The monoisotopic (exact) mass is 327 g/mol. The van der Waals surface area contributed by atoms with Crippen molar-refractivity contribution in [3.63, 3.8) is 0 Å². The average Bonchev–Trinajstić information content (AvgIpc) is 2.58. The molecule has 0 aliphatic rings. The van der Waals surface area contributed by atoms with E-state index < -0.39 is 0 Å². The van der Waals surface area contributed by atoms with Gasteiger partial charge >= 0.3 is 0 Å². The standard InChI is InChI=1S/C21H29NO2/c1-16(2)22(4)13-12-19(18-8-6-5-7-9-18)20-14-17(3)10-11-21(20)24-15-23/h5-11,14,16,19,23H,12-13,15H2,1-4H3. The van der Waals surface area contributed by atoms with E-state index in [0.717, 1.165) is 24.3 Å². The molecule has 0 aliphatic carbocycles. The van der Waals surface area contributed by atoms with Crippen LogP contribution in [0.5, 0.6) is 5.75 Å². The number of rotatable bonds is 8. The molecular weight excluding hydrogens is 298 g/mol. The predicted octanol–water partition coefficient (Wildman–Crippen LogP) is 4.19. The Bertz CT molecular complexity index is 625. The third-order valence-electron chi connectivity index (χ3n) is 4.61. The fraction of sp³-hybridized carbons (Fsp3) is 0.429. The van der Waals surface area contributed by atoms with Crippen LogP contribution < -0.4 is 4.74 Å². The van der Waals surface area contributed by atoms with Gasteiger partial charge in [0.05, 0.1) is 0 Å². The molecule has 0 spiro atoms. The summed E-state index contributed by atoms with van der Waals surface area (Å²) < 4.78 is 5.49. The number of hydrogen-bond donors (Lipinski definition) is 1. The summed E-state index contributed by atoms with van der Waals surface area (Å²) in [5.41, 5.74) is 3.63. The Morgan fingerprint density at radius 3 is 2.42 bits per heavy atom. The summed E-state index contributed by atoms with van der Waals surface area (Å²) in [6.45, 7) is 7.22. The van der Waals surface area contributed by atoms with Crippen molar-refractivity contribution < 1.29 is 9.84 Å². The first-order valence-electron chi connectivity index (χ1n) is 8.62. The first-order valence-corrected chi connectivity index (χ1v) is 8.62. The number of aliphatic hydroxyl groups is 1. The molecule has 1 unspecified atom stereocenters. The lowest BCUT2D eigenvalue weighted by Gasteiger charge is -2.26. The Labute approximate surface area is 145 Å². The molecule has 0 aromatic heterocycles. The Kier molecular flexibility index (Phi) is 6.83. The number of ether oxygens (including phenoxy) is 1. The maximum absolute atomic E-state index is 9.23. The van der Waals surface area contributed by atoms with Gasteiger partial charge in [0.15, 0.2) is 6.79 Å². The fourth-order valence-corrected chi connectivity index (χ4v) is 2.92. The quantitative estimate of drug-likeness (QED) is 0.738. The maximum atomic E-state index is 9.23. The lowest BCUT2D eigenvalue weighted by Crippen LogP contribution is -2.28. The molecule has 0 radical (unpaired) electrons. The van der Waals surface area contributed by atoms with Crippen LogP contribution in [0, 0.1) is 6.92 Å². The van der Waals surface area contributed by atoms with Crippen LogP contribution >= 0.6 is 0 Å². The van der Waals surface area contributed by atoms with Gasteiger partial charge in [-0.2, -0.15) is 0 Å². The van der Waals surface area contributed by atoms with Crippen LogP contribution in [0.4, 0.5) is 0 Å². The van der Waals surface area contributed by atoms with Crippen molar-refractivity contribution in [1.82, 2.24) is 4.90 Å². The van der Waals surface area contributed by atoms with Crippen molar-refractivity contribution >= 4 is 0 Å². The second-order valence-electron chi connectivity index (χ2n) is 6.64. The van der Waals surface area contributed by atoms with E-state index in [1.807, 2.05) is 18.2 Å². The first kappa shape index (κ1) is 18.5. The molecule has 2 aromatic rings. The molecule has 2 rings (SSSR count). The summed E-state index contributed by atoms with van der Waals surface area (Å²) in [5, 5.41) is 9.23. The van der Waals surface area contributed by atoms with Gasteiger partial charge < -0.3 is 14.7 Å². The van der Waals surface area contributed by atoms with Gasteiger partial charge in [-0.05, 0) is 52.4 Å². The average molecular weight is 327 g/mol. The van der Waals surface area contributed by atoms with Crippen LogP contribution in [0.1, 0.15) is 42.9 Å². The van der Waals surface area contributed by atoms with Crippen molar-refractivity contribution in [2.75, 3.05) is 20.4 Å². The predicted molar refractivity (Wildman–Crippen MR) is 99.6 cm³/mol. The Balaban J connectivity index is 2.37. The lowest BCUT2D eigenvalue weighted by atomic mass is 9.87. The molecule has 0 amide bonds. The highest BCUT2D eigenvalue weighted by molar-refractivity contribution is 5.44. The molecule has 0 saturated heterocycles. The topological polar surface area (TPSA) is 32.7 Å². The molecule has 24 heavy (non-hydrogen) atoms. The Hall–Kier alpha value is -1.84. The summed E-state index contributed by atoms with van der Waals surface area (Å²) in [6, 6.07) is 17.2. The van der Waals surface area contributed by atoms with E-state index in [0.29, 0.717) is 6.04 Å². The third-order valence-corrected chi connectivity index (χ3v) is 4.61. The molecule has 3 heteroatoms. The lowest BCUT2D eigenvalue weighted by molar-refractivity contribution is 0.0972. The van der Waals surface area contributed by atoms with Crippen molar-refractivity contribution in [3.8, 4) is 5.75 Å². The maximum Gasteiger partial charge on any atom is 0.186 e. The van der Waals surface area contributed by atoms with Crippen LogP contribution in [-0.2, 0) is 0 Å². The number of hydrogen-bond acceptors (Lipinski definition) is 3. The summed E-state index contributed by atoms with van der Waals surface area (Å²) in [4.78, 5) is 2.36. The van der Waals surface area contributed by atoms with E-state index in [1.165, 1.54) is 11.1 Å². The summed E-state index contributed by atoms with van der Waals surface area (Å²) in [6.07, 6.45) is 1.00. The van der Waals surface area contributed by atoms with Crippen molar-refractivity contribution in [3.05, 3.63) is 65.2 Å². The Morgan fingerprint density at radius 1 is 1.08 bits per heavy atom. The van der Waals surface area contributed by atoms with Crippen molar-refractivity contribution in [1.29, 1.82) is 0 Å². The highest BCUT2D eigenvalue weighted by Crippen LogP contribution is 2.35. The van der Waals surface area contributed by atoms with Gasteiger partial charge in [-0.1, -0.05) is 48.0 Å². The van der Waals surface area contributed by atoms with Gasteiger partial charge in [-0.3, -0.25) is 0 Å². The minimum atomic E-state index is -0.302. The van der Waals surface area contributed by atoms with Gasteiger partial charge in [-0.15, -0.1) is 0 Å². The molecule has 1 N–H and O–H groups in total. The van der Waals surface area contributed by atoms with Gasteiger partial charge in [0, 0.05) is 17.5 Å². The van der Waals surface area contributed by atoms with E-state index >= 15 is 0 Å². The Morgan fingerprint density at radius 2 is 1.79 bits per heavy atom. The van der Waals surface area contributed by atoms with Crippen molar-refractivity contribution in [2.24, 2.45) is 0 Å². The summed E-state index contributed by atoms with van der Waals surface area (Å²) in [7, 11) is 2.16. The van der Waals surface area contributed by atoms with Crippen molar-refractivity contribution in [2.45, 2.75) is 39.2 Å². The number of aliphatic hydroxyl groups excluding tert-OH is 1. The molecular formula is C21H29NO2. The zero-order chi connectivity index (χ0) is 17.5. The molecule has 130 valence electrons. The molecule has 0 saturated carbocycles. The molecule has 0 aliphatic heterocycles. The normalized spacial score (nSPS) is 12.6. The van der Waals surface area contributed by atoms with E-state index in [9.17, 15) is 5.11 Å². The van der Waals surface area contributed by atoms with E-state index in [2.05, 4.69) is 63.1 Å². The van der Waals surface area contributed by atoms with Crippen LogP contribution in [-0.4, -0.2) is 36.4 Å². The van der Waals surface area contributed by atoms with Gasteiger partial charge in [0.2, 0.25) is 0 Å². The third kappa shape index (κ3) is 4.83. The first-order chi connectivity index (χ1) is 11.5. The zero-order valence-corrected chi connectivity index (χ0v) is 15.2. The zero-order valence-electron chi connectivity index (χ0n) is 15.2. The molecule has 0 bridgehead atoms. The second-order valence-corrected chi connectivity index (χ2v) is 6.64. The summed E-state index contributed by atoms with van der Waals surface area (Å²) >= 11 is 0. The van der Waals surface area contributed by atoms with Crippen LogP contribution in [0.2, 0.25) is 0 Å². The molecule has 0 fully saturated rings. The molecule has 1 atom stereocenters. The largest absolute Gasteiger partial charge is 0.467 e. The van der Waals surface area contributed by atoms with E-state index in [-0.39, 0.29) is 12.7 Å². The summed E-state index contributed by atoms with van der Waals surface area (Å²) in [5.74, 6) is 1.01. The number of nitrogens with zero attached hydrogens (tertiary/aromatic N) is 1. The number of aryl methyl sites for hydroxylation is 1. The molecule has 0 heterocycles. The highest BCUT2D eigenvalue weighted by atomic mass is 16.6. The van der Waals surface area contributed by atoms with Crippen LogP contribution in [0.3, 0.4) is 0 Å². The minimum Gasteiger partial charge on any atom is -0.467 e. The van der Waals surface area contributed by atoms with Gasteiger partial charge in [0.25, 0.3) is 0 Å². The fourth-order valence-electron chi connectivity index (χ4n) is 2.92. The molecule has 3 nitrogen and oxygen atoms in total. The van der Waals surface area contributed by atoms with E-state index in [4.69, 9.17) is 4.74 Å². The van der Waals surface area contributed by atoms with Gasteiger partial charge in [0.1, 0.15) is 5.75 Å². The van der Waals surface area contributed by atoms with Gasteiger partial charge in [-0.25, -0.2) is 0 Å². The second kappa shape index (κ2) is 8.86. The van der Waals surface area contributed by atoms with E-state index in [1.54, 1.807) is 0 Å². The van der Waals surface area contributed by atoms with Crippen LogP contribution in [0.15, 0.2) is 48.5 Å². The highest BCUT2D eigenvalue weighted by Gasteiger charge is 2.20. The number of benzene rings is 2. The van der Waals surface area contributed by atoms with Crippen LogP contribution in [0.25, 0.3) is 0 Å². The minimum absolute atomic E-state index is 0.244.